The maximum atomic E-state index is 5.21. The quantitative estimate of drug-likeness (QED) is 0.647. The van der Waals surface area contributed by atoms with E-state index in [4.69, 9.17) is 24.4 Å². The average molecular weight is 301 g/mol. The third kappa shape index (κ3) is 6.11. The summed E-state index contributed by atoms with van der Waals surface area (Å²) in [5, 5.41) is 0. The molecule has 0 radical (unpaired) electrons. The van der Waals surface area contributed by atoms with E-state index >= 15 is 0 Å². The van der Waals surface area contributed by atoms with Crippen LogP contribution in [0, 0.1) is 9.02 Å². The normalized spacial score (nSPS) is 10.4. The van der Waals surface area contributed by atoms with Crippen LogP contribution in [-0.4, -0.2) is 38.1 Å². The summed E-state index contributed by atoms with van der Waals surface area (Å²) in [5.41, 5.74) is 1.14. The summed E-state index contributed by atoms with van der Waals surface area (Å²) >= 11 is 10.3. The fourth-order valence-electron chi connectivity index (χ4n) is 1.98. The van der Waals surface area contributed by atoms with Crippen LogP contribution in [0.4, 0.5) is 5.69 Å². The Morgan fingerprint density at radius 2 is 1.68 bits per heavy atom. The first-order chi connectivity index (χ1) is 9.10. The van der Waals surface area contributed by atoms with Gasteiger partial charge in [0.15, 0.2) is 0 Å². The smallest absolute Gasteiger partial charge is 0.0792 e. The Kier molecular flexibility index (Phi) is 10.3. The van der Waals surface area contributed by atoms with Gasteiger partial charge in [0.1, 0.15) is 0 Å². The van der Waals surface area contributed by atoms with Gasteiger partial charge in [0, 0.05) is 13.6 Å². The zero-order valence-corrected chi connectivity index (χ0v) is 14.7. The van der Waals surface area contributed by atoms with E-state index in [0.29, 0.717) is 0 Å². The van der Waals surface area contributed by atoms with Crippen LogP contribution in [0.1, 0.15) is 40.5 Å². The Bertz CT molecular complexity index is 408. The molecule has 0 N–H and O–H groups in total. The van der Waals surface area contributed by atoms with Gasteiger partial charge in [-0.15, -0.1) is 0 Å². The zero-order valence-electron chi connectivity index (χ0n) is 13.0. The minimum absolute atomic E-state index is 0.836. The molecule has 0 heterocycles. The molecule has 1 aromatic rings. The molecule has 0 aliphatic carbocycles. The lowest BCUT2D eigenvalue weighted by atomic mass is 10.2. The molecule has 0 fully saturated rings. The van der Waals surface area contributed by atoms with Crippen LogP contribution in [0.25, 0.3) is 0 Å². The van der Waals surface area contributed by atoms with E-state index in [1.165, 1.54) is 25.9 Å². The van der Waals surface area contributed by atoms with Crippen molar-refractivity contribution in [3.05, 3.63) is 15.1 Å². The Morgan fingerprint density at radius 1 is 1.05 bits per heavy atom. The lowest BCUT2D eigenvalue weighted by Crippen LogP contribution is -2.29. The number of hydrogen-bond acceptors (Lipinski definition) is 4. The van der Waals surface area contributed by atoms with Crippen LogP contribution >= 0.6 is 24.4 Å². The molecule has 110 valence electrons. The first kappa shape index (κ1) is 18.7. The van der Waals surface area contributed by atoms with Gasteiger partial charge in [-0.3, -0.25) is 0 Å². The molecular formula is C15H28N2S2. The highest BCUT2D eigenvalue weighted by atomic mass is 32.1. The molecule has 0 aliphatic rings. The van der Waals surface area contributed by atoms with E-state index in [2.05, 4.69) is 30.7 Å². The Hall–Kier alpha value is -0.320. The fourth-order valence-corrected chi connectivity index (χ4v) is 2.47. The molecule has 0 aliphatic heterocycles. The third-order valence-corrected chi connectivity index (χ3v) is 3.97. The van der Waals surface area contributed by atoms with Crippen LogP contribution < -0.4 is 4.90 Å². The summed E-state index contributed by atoms with van der Waals surface area (Å²) in [6, 6.07) is 2.00. The highest BCUT2D eigenvalue weighted by molar-refractivity contribution is 7.74. The van der Waals surface area contributed by atoms with Crippen LogP contribution in [-0.2, 0) is 0 Å². The van der Waals surface area contributed by atoms with E-state index < -0.39 is 0 Å². The van der Waals surface area contributed by atoms with Crippen molar-refractivity contribution in [3.8, 4) is 0 Å². The van der Waals surface area contributed by atoms with Gasteiger partial charge < -0.3 is 9.80 Å². The molecule has 0 spiro atoms. The van der Waals surface area contributed by atoms with Crippen molar-refractivity contribution in [2.45, 2.75) is 40.5 Å². The largest absolute Gasteiger partial charge is 0.373 e. The van der Waals surface area contributed by atoms with E-state index in [9.17, 15) is 0 Å². The van der Waals surface area contributed by atoms with Crippen molar-refractivity contribution in [3.63, 3.8) is 0 Å². The van der Waals surface area contributed by atoms with Crippen molar-refractivity contribution in [2.75, 3.05) is 38.1 Å². The lowest BCUT2D eigenvalue weighted by Gasteiger charge is -2.24. The highest BCUT2D eigenvalue weighted by Gasteiger charge is 2.08. The predicted octanol–water partition coefficient (Wildman–Crippen LogP) is 4.61. The maximum absolute atomic E-state index is 5.21. The van der Waals surface area contributed by atoms with Gasteiger partial charge in [-0.05, 0) is 38.5 Å². The Labute approximate surface area is 129 Å². The summed E-state index contributed by atoms with van der Waals surface area (Å²) < 4.78 is 1.70. The van der Waals surface area contributed by atoms with Crippen LogP contribution in [0.3, 0.4) is 0 Å². The summed E-state index contributed by atoms with van der Waals surface area (Å²) in [5.74, 6) is 0. The van der Waals surface area contributed by atoms with Gasteiger partial charge >= 0.3 is 0 Å². The van der Waals surface area contributed by atoms with Gasteiger partial charge in [-0.25, -0.2) is 0 Å². The molecule has 0 amide bonds. The average Bonchev–Trinajstić information content (AvgIpc) is 2.45. The van der Waals surface area contributed by atoms with Crippen LogP contribution in [0.5, 0.6) is 0 Å². The maximum Gasteiger partial charge on any atom is 0.0792 e. The summed E-state index contributed by atoms with van der Waals surface area (Å²) in [6.07, 6.45) is 2.41. The topological polar surface area (TPSA) is 6.48 Å². The molecule has 2 nitrogen and oxygen atoms in total. The number of anilines is 1. The lowest BCUT2D eigenvalue weighted by molar-refractivity contribution is 0.286. The van der Waals surface area contributed by atoms with Crippen molar-refractivity contribution in [1.82, 2.24) is 4.90 Å². The minimum Gasteiger partial charge on any atom is -0.373 e. The molecule has 0 atom stereocenters. The first-order valence-corrected chi connectivity index (χ1v) is 8.15. The van der Waals surface area contributed by atoms with Gasteiger partial charge in [0.25, 0.3) is 0 Å². The summed E-state index contributed by atoms with van der Waals surface area (Å²) in [7, 11) is 2.09. The van der Waals surface area contributed by atoms with E-state index in [-0.39, 0.29) is 0 Å². The standard InChI is InChI=1S/C13H22N2S2.C2H6/c1-4-7-15(5-2)9-6-8-14(3)11-10-12(16)13(11)17;1-2/h10H,4-9H2,1-3H3;1-2H3. The van der Waals surface area contributed by atoms with E-state index in [1.54, 1.807) is 0 Å². The third-order valence-electron chi connectivity index (χ3n) is 3.09. The SMILES string of the molecule is CC.CCCN(CC)CCCN(C)c1cc(=S)c1=S. The first-order valence-electron chi connectivity index (χ1n) is 7.34. The van der Waals surface area contributed by atoms with Crippen LogP contribution in [0.15, 0.2) is 6.07 Å². The molecule has 0 aromatic heterocycles. The van der Waals surface area contributed by atoms with Crippen LogP contribution in [0.2, 0.25) is 0 Å². The predicted molar refractivity (Wildman–Crippen MR) is 92.1 cm³/mol. The van der Waals surface area contributed by atoms with E-state index in [0.717, 1.165) is 27.8 Å². The highest BCUT2D eigenvalue weighted by Crippen LogP contribution is 2.21. The van der Waals surface area contributed by atoms with Crippen molar-refractivity contribution in [2.24, 2.45) is 0 Å². The molecule has 0 saturated carbocycles. The minimum atomic E-state index is 0.836. The molecule has 0 saturated heterocycles. The molecular weight excluding hydrogens is 272 g/mol. The monoisotopic (exact) mass is 300 g/mol. The second kappa shape index (κ2) is 10.5. The fraction of sp³-hybridized carbons (Fsp3) is 0.733. The number of rotatable bonds is 8. The van der Waals surface area contributed by atoms with Crippen molar-refractivity contribution >= 4 is 30.1 Å². The Balaban J connectivity index is 0.00000154. The number of hydrogen-bond donors (Lipinski definition) is 0. The van der Waals surface area contributed by atoms with Crippen molar-refractivity contribution in [1.29, 1.82) is 0 Å². The molecule has 1 aromatic carbocycles. The second-order valence-electron chi connectivity index (χ2n) is 4.43. The molecule has 0 bridgehead atoms. The van der Waals surface area contributed by atoms with E-state index in [1.807, 2.05) is 19.9 Å². The number of nitrogens with zero attached hydrogens (tertiary/aromatic N) is 2. The van der Waals surface area contributed by atoms with Gasteiger partial charge in [0.05, 0.1) is 14.7 Å². The summed E-state index contributed by atoms with van der Waals surface area (Å²) in [4.78, 5) is 4.71. The Morgan fingerprint density at radius 3 is 2.11 bits per heavy atom. The van der Waals surface area contributed by atoms with Gasteiger partial charge in [0.2, 0.25) is 0 Å². The second-order valence-corrected chi connectivity index (χ2v) is 5.28. The molecule has 19 heavy (non-hydrogen) atoms. The molecule has 4 heteroatoms. The zero-order chi connectivity index (χ0) is 14.8. The molecule has 1 rings (SSSR count). The van der Waals surface area contributed by atoms with Gasteiger partial charge in [-0.2, -0.15) is 0 Å². The van der Waals surface area contributed by atoms with Crippen molar-refractivity contribution < 1.29 is 0 Å². The molecule has 0 unspecified atom stereocenters. The van der Waals surface area contributed by atoms with Gasteiger partial charge in [-0.1, -0.05) is 52.1 Å². The summed E-state index contributed by atoms with van der Waals surface area (Å²) in [6.45, 7) is 13.0.